The summed E-state index contributed by atoms with van der Waals surface area (Å²) in [6.45, 7) is 14.7. The normalized spacial score (nSPS) is 20.8. The number of carbonyl (C=O) groups excluding carboxylic acids is 6. The van der Waals surface area contributed by atoms with Gasteiger partial charge in [0.15, 0.2) is 0 Å². The lowest BCUT2D eigenvalue weighted by molar-refractivity contribution is -0.145. The van der Waals surface area contributed by atoms with Gasteiger partial charge in [0.25, 0.3) is 5.91 Å². The third-order valence-corrected chi connectivity index (χ3v) is 11.1. The fourth-order valence-electron chi connectivity index (χ4n) is 7.76. The van der Waals surface area contributed by atoms with E-state index in [-0.39, 0.29) is 35.5 Å². The molecule has 0 bridgehead atoms. The highest BCUT2D eigenvalue weighted by molar-refractivity contribution is 6.38. The molecule has 0 radical (unpaired) electrons. The number of likely N-dealkylation sites (tertiary alicyclic amines) is 1. The summed E-state index contributed by atoms with van der Waals surface area (Å²) in [6.07, 6.45) is 1.53. The molecule has 0 aromatic heterocycles. The van der Waals surface area contributed by atoms with Crippen molar-refractivity contribution in [1.82, 2.24) is 31.1 Å². The van der Waals surface area contributed by atoms with Gasteiger partial charge in [-0.15, -0.1) is 0 Å². The average Bonchev–Trinajstić information content (AvgIpc) is 3.43. The van der Waals surface area contributed by atoms with Crippen LogP contribution in [-0.4, -0.2) is 97.0 Å². The molecule has 2 aromatic carbocycles. The Morgan fingerprint density at radius 3 is 2.04 bits per heavy atom. The SMILES string of the molecule is CCCC(NC(=O)C1C2C(CN1C(=O)C(NCCC(C)c1ccccc1)C(C)(C)C)C2(C)C)C(=O)C(=O)NCC(=O)NC(C(=O)N(C)C)c1ccccc1. The van der Waals surface area contributed by atoms with Crippen LogP contribution in [-0.2, 0) is 28.8 Å². The second-order valence-electron chi connectivity index (χ2n) is 16.8. The summed E-state index contributed by atoms with van der Waals surface area (Å²) in [7, 11) is 3.15. The molecule has 0 spiro atoms. The third-order valence-electron chi connectivity index (χ3n) is 11.1. The minimum Gasteiger partial charge on any atom is -0.347 e. The van der Waals surface area contributed by atoms with Crippen molar-refractivity contribution in [2.24, 2.45) is 22.7 Å². The first-order chi connectivity index (χ1) is 25.4. The molecule has 1 aliphatic heterocycles. The Morgan fingerprint density at radius 2 is 1.48 bits per heavy atom. The standard InChI is InChI=1S/C42H60N6O6/c1-10-17-30(35(50)38(52)44-24-31(49)46-33(39(53)47(8)9)28-20-15-12-16-21-28)45-37(51)34-32-29(42(32,6)7)25-48(34)40(54)36(41(3,4)5)43-23-22-26(2)27-18-13-11-14-19-27/h11-16,18-21,26,29-30,32-34,36,43H,10,17,22-25H2,1-9H3,(H,44,52)(H,45,51)(H,46,49). The van der Waals surface area contributed by atoms with Gasteiger partial charge >= 0.3 is 0 Å². The molecule has 1 heterocycles. The number of carbonyl (C=O) groups is 6. The molecule has 5 amide bonds. The molecule has 12 nitrogen and oxygen atoms in total. The van der Waals surface area contributed by atoms with Gasteiger partial charge in [-0.25, -0.2) is 0 Å². The minimum atomic E-state index is -1.15. The molecule has 4 rings (SSSR count). The molecule has 1 saturated heterocycles. The van der Waals surface area contributed by atoms with E-state index >= 15 is 0 Å². The molecular weight excluding hydrogens is 684 g/mol. The van der Waals surface area contributed by atoms with E-state index in [0.29, 0.717) is 31.0 Å². The molecule has 7 atom stereocenters. The van der Waals surface area contributed by atoms with Crippen LogP contribution in [0.1, 0.15) is 90.8 Å². The number of piperidine rings is 1. The number of Topliss-reactive ketones (excluding diaryl/α,β-unsaturated/α-hetero) is 1. The first-order valence-corrected chi connectivity index (χ1v) is 19.2. The van der Waals surface area contributed by atoms with Crippen molar-refractivity contribution in [2.45, 2.75) is 97.8 Å². The van der Waals surface area contributed by atoms with E-state index in [0.717, 1.165) is 6.42 Å². The fraction of sp³-hybridized carbons (Fsp3) is 0.571. The van der Waals surface area contributed by atoms with Gasteiger partial charge in [0.2, 0.25) is 29.4 Å². The number of fused-ring (bicyclic) bond motifs is 1. The van der Waals surface area contributed by atoms with Gasteiger partial charge in [0, 0.05) is 20.6 Å². The Kier molecular flexibility index (Phi) is 13.8. The Morgan fingerprint density at radius 1 is 0.889 bits per heavy atom. The second kappa shape index (κ2) is 17.7. The quantitative estimate of drug-likeness (QED) is 0.181. The number of hydrogen-bond donors (Lipinski definition) is 4. The first-order valence-electron chi connectivity index (χ1n) is 19.2. The zero-order valence-corrected chi connectivity index (χ0v) is 33.4. The van der Waals surface area contributed by atoms with Gasteiger partial charge in [0.05, 0.1) is 18.6 Å². The first kappa shape index (κ1) is 42.2. The molecule has 2 fully saturated rings. The van der Waals surface area contributed by atoms with Gasteiger partial charge < -0.3 is 31.1 Å². The van der Waals surface area contributed by atoms with E-state index in [9.17, 15) is 28.8 Å². The van der Waals surface area contributed by atoms with E-state index in [1.807, 2.05) is 45.9 Å². The number of hydrogen-bond acceptors (Lipinski definition) is 7. The van der Waals surface area contributed by atoms with Gasteiger partial charge in [-0.2, -0.15) is 0 Å². The highest BCUT2D eigenvalue weighted by Crippen LogP contribution is 2.65. The van der Waals surface area contributed by atoms with Gasteiger partial charge in [0.1, 0.15) is 12.1 Å². The number of amides is 5. The van der Waals surface area contributed by atoms with Crippen molar-refractivity contribution in [3.8, 4) is 0 Å². The summed E-state index contributed by atoms with van der Waals surface area (Å²) < 4.78 is 0. The number of ketones is 1. The lowest BCUT2D eigenvalue weighted by atomic mass is 9.85. The van der Waals surface area contributed by atoms with Gasteiger partial charge in [-0.3, -0.25) is 28.8 Å². The zero-order valence-electron chi connectivity index (χ0n) is 33.4. The van der Waals surface area contributed by atoms with Crippen molar-refractivity contribution >= 4 is 35.3 Å². The summed E-state index contributed by atoms with van der Waals surface area (Å²) >= 11 is 0. The van der Waals surface area contributed by atoms with Gasteiger partial charge in [-0.1, -0.05) is 116 Å². The minimum absolute atomic E-state index is 0.0856. The van der Waals surface area contributed by atoms with Crippen LogP contribution in [0.2, 0.25) is 0 Å². The van der Waals surface area contributed by atoms with Crippen LogP contribution < -0.4 is 21.3 Å². The lowest BCUT2D eigenvalue weighted by Crippen LogP contribution is -2.60. The van der Waals surface area contributed by atoms with Crippen molar-refractivity contribution in [2.75, 3.05) is 33.7 Å². The van der Waals surface area contributed by atoms with Crippen molar-refractivity contribution < 1.29 is 28.8 Å². The predicted octanol–water partition coefficient (Wildman–Crippen LogP) is 3.58. The molecule has 12 heteroatoms. The van der Waals surface area contributed by atoms with Crippen LogP contribution >= 0.6 is 0 Å². The van der Waals surface area contributed by atoms with E-state index in [4.69, 9.17) is 0 Å². The smallest absolute Gasteiger partial charge is 0.290 e. The largest absolute Gasteiger partial charge is 0.347 e. The maximum atomic E-state index is 14.4. The molecule has 2 aromatic rings. The summed E-state index contributed by atoms with van der Waals surface area (Å²) in [5, 5.41) is 11.3. The predicted molar refractivity (Wildman–Crippen MR) is 208 cm³/mol. The molecule has 294 valence electrons. The highest BCUT2D eigenvalue weighted by Gasteiger charge is 2.69. The molecule has 2 aliphatic rings. The van der Waals surface area contributed by atoms with Crippen molar-refractivity contribution in [1.29, 1.82) is 0 Å². The van der Waals surface area contributed by atoms with Gasteiger partial charge in [-0.05, 0) is 59.1 Å². The fourth-order valence-corrected chi connectivity index (χ4v) is 7.76. The maximum absolute atomic E-state index is 14.4. The Hall–Kier alpha value is -4.58. The Labute approximate surface area is 320 Å². The number of likely N-dealkylation sites (N-methyl/N-ethyl adjacent to an activating group) is 1. The zero-order chi connectivity index (χ0) is 40.0. The van der Waals surface area contributed by atoms with Crippen LogP contribution in [0.5, 0.6) is 0 Å². The Bertz CT molecular complexity index is 1660. The molecule has 7 unspecified atom stereocenters. The molecular formula is C42H60N6O6. The van der Waals surface area contributed by atoms with Crippen LogP contribution in [0.15, 0.2) is 60.7 Å². The number of benzene rings is 2. The number of nitrogens with zero attached hydrogens (tertiary/aromatic N) is 2. The summed E-state index contributed by atoms with van der Waals surface area (Å²) in [5.41, 5.74) is 1.20. The van der Waals surface area contributed by atoms with Crippen molar-refractivity contribution in [3.63, 3.8) is 0 Å². The summed E-state index contributed by atoms with van der Waals surface area (Å²) in [5.74, 6) is -3.18. The van der Waals surface area contributed by atoms with Crippen LogP contribution in [0, 0.1) is 22.7 Å². The van der Waals surface area contributed by atoms with E-state index in [2.05, 4.69) is 54.2 Å². The van der Waals surface area contributed by atoms with Crippen LogP contribution in [0.3, 0.4) is 0 Å². The molecule has 1 aliphatic carbocycles. The summed E-state index contributed by atoms with van der Waals surface area (Å²) in [4.78, 5) is 83.9. The average molecular weight is 745 g/mol. The van der Waals surface area contributed by atoms with E-state index < -0.39 is 59.6 Å². The van der Waals surface area contributed by atoms with Crippen LogP contribution in [0.4, 0.5) is 0 Å². The number of nitrogens with one attached hydrogen (secondary N) is 4. The second-order valence-corrected chi connectivity index (χ2v) is 16.8. The van der Waals surface area contributed by atoms with E-state index in [1.165, 1.54) is 10.5 Å². The molecule has 1 saturated carbocycles. The maximum Gasteiger partial charge on any atom is 0.290 e. The summed E-state index contributed by atoms with van der Waals surface area (Å²) in [6, 6.07) is 15.5. The van der Waals surface area contributed by atoms with Crippen LogP contribution in [0.25, 0.3) is 0 Å². The molecule has 4 N–H and O–H groups in total. The van der Waals surface area contributed by atoms with E-state index in [1.54, 1.807) is 49.3 Å². The van der Waals surface area contributed by atoms with Crippen molar-refractivity contribution in [3.05, 3.63) is 71.8 Å². The highest BCUT2D eigenvalue weighted by atomic mass is 16.2. The monoisotopic (exact) mass is 744 g/mol. The Balaban J connectivity index is 1.42. The number of rotatable bonds is 17. The lowest BCUT2D eigenvalue weighted by Gasteiger charge is -2.38. The topological polar surface area (TPSA) is 157 Å². The molecule has 54 heavy (non-hydrogen) atoms. The third kappa shape index (κ3) is 9.93.